The third kappa shape index (κ3) is 2.74. The van der Waals surface area contributed by atoms with Gasteiger partial charge in [0.1, 0.15) is 0 Å². The van der Waals surface area contributed by atoms with Crippen molar-refractivity contribution in [3.63, 3.8) is 0 Å². The number of esters is 1. The molecule has 1 aromatic rings. The first-order chi connectivity index (χ1) is 6.65. The third-order valence-corrected chi connectivity index (χ3v) is 2.46. The highest BCUT2D eigenvalue weighted by molar-refractivity contribution is 6.31. The summed E-state index contributed by atoms with van der Waals surface area (Å²) in [6.45, 7) is 1.83. The Morgan fingerprint density at radius 1 is 1.50 bits per heavy atom. The lowest BCUT2D eigenvalue weighted by Gasteiger charge is -2.09. The molecule has 0 saturated carbocycles. The highest BCUT2D eigenvalue weighted by atomic mass is 35.5. The van der Waals surface area contributed by atoms with Gasteiger partial charge in [-0.15, -0.1) is 0 Å². The summed E-state index contributed by atoms with van der Waals surface area (Å²) >= 11 is 5.96. The number of carbonyl (C=O) groups excluding carboxylic acids is 1. The van der Waals surface area contributed by atoms with E-state index in [1.54, 1.807) is 0 Å². The van der Waals surface area contributed by atoms with Gasteiger partial charge in [0.25, 0.3) is 0 Å². The van der Waals surface area contributed by atoms with Crippen molar-refractivity contribution < 1.29 is 9.53 Å². The largest absolute Gasteiger partial charge is 0.469 e. The lowest BCUT2D eigenvalue weighted by Crippen LogP contribution is -2.15. The fourth-order valence-electron chi connectivity index (χ4n) is 1.28. The molecule has 1 atom stereocenters. The quantitative estimate of drug-likeness (QED) is 0.721. The predicted octanol–water partition coefficient (Wildman–Crippen LogP) is 2.69. The number of rotatable bonds is 3. The van der Waals surface area contributed by atoms with Crippen LogP contribution in [0.15, 0.2) is 24.3 Å². The number of halogens is 1. The molecule has 0 spiro atoms. The van der Waals surface area contributed by atoms with Gasteiger partial charge in [-0.25, -0.2) is 0 Å². The molecule has 76 valence electrons. The van der Waals surface area contributed by atoms with E-state index in [2.05, 4.69) is 4.74 Å². The van der Waals surface area contributed by atoms with Crippen molar-refractivity contribution in [1.82, 2.24) is 0 Å². The molecule has 0 amide bonds. The van der Waals surface area contributed by atoms with Gasteiger partial charge in [-0.1, -0.05) is 36.7 Å². The van der Waals surface area contributed by atoms with Gasteiger partial charge in [-0.05, 0) is 18.1 Å². The van der Waals surface area contributed by atoms with Crippen molar-refractivity contribution in [2.45, 2.75) is 13.3 Å². The van der Waals surface area contributed by atoms with Crippen molar-refractivity contribution in [3.8, 4) is 0 Å². The average molecular weight is 213 g/mol. The smallest absolute Gasteiger partial charge is 0.308 e. The minimum atomic E-state index is -0.204. The van der Waals surface area contributed by atoms with Crippen molar-refractivity contribution >= 4 is 17.6 Å². The molecule has 0 bridgehead atoms. The lowest BCUT2D eigenvalue weighted by atomic mass is 10.0. The highest BCUT2D eigenvalue weighted by Gasteiger charge is 2.14. The molecule has 0 saturated heterocycles. The molecule has 0 aromatic heterocycles. The first kappa shape index (κ1) is 11.1. The lowest BCUT2D eigenvalue weighted by molar-refractivity contribution is -0.144. The van der Waals surface area contributed by atoms with Gasteiger partial charge in [0.15, 0.2) is 0 Å². The van der Waals surface area contributed by atoms with E-state index in [-0.39, 0.29) is 11.9 Å². The molecule has 1 unspecified atom stereocenters. The minimum absolute atomic E-state index is 0.153. The van der Waals surface area contributed by atoms with Gasteiger partial charge in [-0.2, -0.15) is 0 Å². The van der Waals surface area contributed by atoms with Crippen molar-refractivity contribution in [1.29, 1.82) is 0 Å². The van der Waals surface area contributed by atoms with Crippen LogP contribution in [0.1, 0.15) is 12.5 Å². The zero-order valence-electron chi connectivity index (χ0n) is 8.29. The summed E-state index contributed by atoms with van der Waals surface area (Å²) in [4.78, 5) is 11.2. The van der Waals surface area contributed by atoms with E-state index in [0.29, 0.717) is 11.4 Å². The van der Waals surface area contributed by atoms with E-state index in [9.17, 15) is 4.79 Å². The molecule has 1 rings (SSSR count). The first-order valence-electron chi connectivity index (χ1n) is 4.46. The average Bonchev–Trinajstić information content (AvgIpc) is 2.20. The monoisotopic (exact) mass is 212 g/mol. The fraction of sp³-hybridized carbons (Fsp3) is 0.364. The maximum absolute atomic E-state index is 11.2. The summed E-state index contributed by atoms with van der Waals surface area (Å²) in [6, 6.07) is 7.52. The Morgan fingerprint density at radius 2 is 2.14 bits per heavy atom. The number of benzene rings is 1. The summed E-state index contributed by atoms with van der Waals surface area (Å²) in [5.74, 6) is -0.357. The van der Waals surface area contributed by atoms with Gasteiger partial charge in [0.2, 0.25) is 0 Å². The maximum atomic E-state index is 11.2. The Balaban J connectivity index is 2.69. The number of hydrogen-bond donors (Lipinski definition) is 0. The molecular formula is C11H13ClO2. The van der Waals surface area contributed by atoms with Crippen LogP contribution in [0.5, 0.6) is 0 Å². The zero-order valence-corrected chi connectivity index (χ0v) is 9.04. The SMILES string of the molecule is COC(=O)C(C)Cc1ccccc1Cl. The number of carbonyl (C=O) groups is 1. The summed E-state index contributed by atoms with van der Waals surface area (Å²) < 4.78 is 4.64. The number of methoxy groups -OCH3 is 1. The van der Waals surface area contributed by atoms with E-state index >= 15 is 0 Å². The molecule has 0 N–H and O–H groups in total. The van der Waals surface area contributed by atoms with Crippen molar-refractivity contribution in [2.24, 2.45) is 5.92 Å². The van der Waals surface area contributed by atoms with Gasteiger partial charge in [-0.3, -0.25) is 4.79 Å². The molecule has 1 aromatic carbocycles. The van der Waals surface area contributed by atoms with Crippen LogP contribution in [-0.4, -0.2) is 13.1 Å². The number of hydrogen-bond acceptors (Lipinski definition) is 2. The summed E-state index contributed by atoms with van der Waals surface area (Å²) in [5.41, 5.74) is 0.979. The first-order valence-corrected chi connectivity index (χ1v) is 4.84. The topological polar surface area (TPSA) is 26.3 Å². The molecule has 0 aliphatic rings. The Morgan fingerprint density at radius 3 is 2.71 bits per heavy atom. The second-order valence-electron chi connectivity index (χ2n) is 3.22. The van der Waals surface area contributed by atoms with Crippen LogP contribution in [0.3, 0.4) is 0 Å². The summed E-state index contributed by atoms with van der Waals surface area (Å²) in [5, 5.41) is 0.697. The van der Waals surface area contributed by atoms with Crippen LogP contribution in [0.25, 0.3) is 0 Å². The van der Waals surface area contributed by atoms with Crippen LogP contribution in [0.2, 0.25) is 5.02 Å². The molecule has 0 fully saturated rings. The molecule has 0 radical (unpaired) electrons. The highest BCUT2D eigenvalue weighted by Crippen LogP contribution is 2.19. The normalized spacial score (nSPS) is 12.2. The van der Waals surface area contributed by atoms with Crippen molar-refractivity contribution in [3.05, 3.63) is 34.9 Å². The molecule has 14 heavy (non-hydrogen) atoms. The van der Waals surface area contributed by atoms with E-state index in [1.165, 1.54) is 7.11 Å². The summed E-state index contributed by atoms with van der Waals surface area (Å²) in [7, 11) is 1.39. The van der Waals surface area contributed by atoms with Gasteiger partial charge >= 0.3 is 5.97 Å². The molecular weight excluding hydrogens is 200 g/mol. The molecule has 3 heteroatoms. The predicted molar refractivity (Wildman–Crippen MR) is 56.3 cm³/mol. The van der Waals surface area contributed by atoms with E-state index in [4.69, 9.17) is 11.6 Å². The Hall–Kier alpha value is -1.02. The van der Waals surface area contributed by atoms with Gasteiger partial charge in [0.05, 0.1) is 13.0 Å². The van der Waals surface area contributed by atoms with Crippen LogP contribution in [0, 0.1) is 5.92 Å². The second kappa shape index (κ2) is 5.01. The van der Waals surface area contributed by atoms with Crippen LogP contribution < -0.4 is 0 Å². The maximum Gasteiger partial charge on any atom is 0.308 e. The fourth-order valence-corrected chi connectivity index (χ4v) is 1.49. The van der Waals surface area contributed by atoms with Gasteiger partial charge < -0.3 is 4.74 Å². The van der Waals surface area contributed by atoms with Crippen molar-refractivity contribution in [2.75, 3.05) is 7.11 Å². The second-order valence-corrected chi connectivity index (χ2v) is 3.63. The van der Waals surface area contributed by atoms with Gasteiger partial charge in [0, 0.05) is 5.02 Å². The molecule has 0 aliphatic carbocycles. The van der Waals surface area contributed by atoms with E-state index in [0.717, 1.165) is 5.56 Å². The Labute approximate surface area is 88.8 Å². The van der Waals surface area contributed by atoms with Crippen LogP contribution in [-0.2, 0) is 16.0 Å². The third-order valence-electron chi connectivity index (χ3n) is 2.09. The Bertz CT molecular complexity index is 323. The Kier molecular flexibility index (Phi) is 3.96. The van der Waals surface area contributed by atoms with E-state index < -0.39 is 0 Å². The van der Waals surface area contributed by atoms with E-state index in [1.807, 2.05) is 31.2 Å². The number of ether oxygens (including phenoxy) is 1. The van der Waals surface area contributed by atoms with Crippen LogP contribution in [0.4, 0.5) is 0 Å². The van der Waals surface area contributed by atoms with Crippen LogP contribution >= 0.6 is 11.6 Å². The summed E-state index contributed by atoms with van der Waals surface area (Å²) in [6.07, 6.45) is 0.617. The zero-order chi connectivity index (χ0) is 10.6. The molecule has 0 heterocycles. The molecule has 0 aliphatic heterocycles. The standard InChI is InChI=1S/C11H13ClO2/c1-8(11(13)14-2)7-9-5-3-4-6-10(9)12/h3-6,8H,7H2,1-2H3. The minimum Gasteiger partial charge on any atom is -0.469 e. The molecule has 2 nitrogen and oxygen atoms in total.